The van der Waals surface area contributed by atoms with Gasteiger partial charge in [0.1, 0.15) is 11.6 Å². The van der Waals surface area contributed by atoms with Crippen LogP contribution in [0.25, 0.3) is 11.1 Å². The average Bonchev–Trinajstić information content (AvgIpc) is 2.52. The zero-order valence-corrected chi connectivity index (χ0v) is 12.9. The van der Waals surface area contributed by atoms with Crippen molar-refractivity contribution in [3.63, 3.8) is 0 Å². The van der Waals surface area contributed by atoms with Gasteiger partial charge in [-0.3, -0.25) is 4.79 Å². The lowest BCUT2D eigenvalue weighted by Gasteiger charge is -2.12. The number of carbonyl (C=O) groups excluding carboxylic acids is 1. The maximum absolute atomic E-state index is 14.1. The number of hydrogen-bond donors (Lipinski definition) is 2. The summed E-state index contributed by atoms with van der Waals surface area (Å²) >= 11 is 5.94. The third-order valence-electron chi connectivity index (χ3n) is 3.04. The van der Waals surface area contributed by atoms with Gasteiger partial charge in [0.15, 0.2) is 6.61 Å². The van der Waals surface area contributed by atoms with Crippen LogP contribution in [0.1, 0.15) is 10.4 Å². The zero-order valence-electron chi connectivity index (χ0n) is 12.1. The van der Waals surface area contributed by atoms with Crippen LogP contribution >= 0.6 is 11.6 Å². The summed E-state index contributed by atoms with van der Waals surface area (Å²) < 4.78 is 19.3. The second-order valence-electron chi connectivity index (χ2n) is 4.60. The van der Waals surface area contributed by atoms with Crippen LogP contribution in [0.5, 0.6) is 5.75 Å². The Morgan fingerprint density at radius 2 is 2.00 bits per heavy atom. The second kappa shape index (κ2) is 7.11. The normalized spacial score (nSPS) is 10.2. The van der Waals surface area contributed by atoms with Crippen molar-refractivity contribution in [2.24, 2.45) is 0 Å². The number of benzene rings is 2. The number of halogens is 2. The van der Waals surface area contributed by atoms with E-state index in [1.54, 1.807) is 0 Å². The molecular weight excluding hydrogens is 325 g/mol. The van der Waals surface area contributed by atoms with E-state index >= 15 is 0 Å². The average molecular weight is 338 g/mol. The number of aliphatic carboxylic acids is 1. The third kappa shape index (κ3) is 3.98. The van der Waals surface area contributed by atoms with E-state index in [0.717, 1.165) is 0 Å². The number of carboxylic acid groups (broad SMARTS) is 1. The van der Waals surface area contributed by atoms with Crippen LogP contribution in [0.2, 0.25) is 5.02 Å². The third-order valence-corrected chi connectivity index (χ3v) is 3.28. The highest BCUT2D eigenvalue weighted by Gasteiger charge is 2.14. The Labute approximate surface area is 136 Å². The summed E-state index contributed by atoms with van der Waals surface area (Å²) in [5, 5.41) is 11.4. The SMILES string of the molecule is CNC(=O)c1ccc(-c2cc(Cl)ccc2OCC(=O)O)cc1F. The smallest absolute Gasteiger partial charge is 0.341 e. The molecule has 0 radical (unpaired) electrons. The molecule has 2 aromatic rings. The van der Waals surface area contributed by atoms with E-state index in [4.69, 9.17) is 21.4 Å². The molecule has 2 rings (SSSR count). The van der Waals surface area contributed by atoms with Crippen LogP contribution in [0.3, 0.4) is 0 Å². The van der Waals surface area contributed by atoms with E-state index < -0.39 is 24.3 Å². The summed E-state index contributed by atoms with van der Waals surface area (Å²) in [5.41, 5.74) is 0.755. The molecule has 23 heavy (non-hydrogen) atoms. The number of rotatable bonds is 5. The Balaban J connectivity index is 2.44. The lowest BCUT2D eigenvalue weighted by atomic mass is 10.0. The van der Waals surface area contributed by atoms with Gasteiger partial charge in [-0.1, -0.05) is 17.7 Å². The Bertz CT molecular complexity index is 764. The summed E-state index contributed by atoms with van der Waals surface area (Å²) in [7, 11) is 1.41. The first kappa shape index (κ1) is 16.8. The molecule has 0 bridgehead atoms. The Morgan fingerprint density at radius 3 is 2.61 bits per heavy atom. The van der Waals surface area contributed by atoms with Gasteiger partial charge < -0.3 is 15.2 Å². The Morgan fingerprint density at radius 1 is 1.26 bits per heavy atom. The molecule has 0 aliphatic heterocycles. The molecule has 0 atom stereocenters. The molecule has 5 nitrogen and oxygen atoms in total. The van der Waals surface area contributed by atoms with E-state index in [1.165, 1.54) is 43.4 Å². The fourth-order valence-electron chi connectivity index (χ4n) is 1.99. The summed E-state index contributed by atoms with van der Waals surface area (Å²) in [4.78, 5) is 22.2. The fraction of sp³-hybridized carbons (Fsp3) is 0.125. The molecule has 120 valence electrons. The minimum atomic E-state index is -1.13. The summed E-state index contributed by atoms with van der Waals surface area (Å²) in [6.07, 6.45) is 0. The molecule has 0 aromatic heterocycles. The first-order valence-electron chi connectivity index (χ1n) is 6.58. The lowest BCUT2D eigenvalue weighted by Crippen LogP contribution is -2.19. The van der Waals surface area contributed by atoms with Crippen molar-refractivity contribution >= 4 is 23.5 Å². The summed E-state index contributed by atoms with van der Waals surface area (Å²) in [5.74, 6) is -2.12. The number of amides is 1. The fourth-order valence-corrected chi connectivity index (χ4v) is 2.17. The van der Waals surface area contributed by atoms with Crippen LogP contribution < -0.4 is 10.1 Å². The van der Waals surface area contributed by atoms with Crippen LogP contribution in [0.15, 0.2) is 36.4 Å². The first-order valence-corrected chi connectivity index (χ1v) is 6.96. The highest BCUT2D eigenvalue weighted by atomic mass is 35.5. The number of carboxylic acids is 1. The van der Waals surface area contributed by atoms with Gasteiger partial charge in [-0.15, -0.1) is 0 Å². The summed E-state index contributed by atoms with van der Waals surface area (Å²) in [6, 6.07) is 8.62. The van der Waals surface area contributed by atoms with Crippen molar-refractivity contribution in [2.75, 3.05) is 13.7 Å². The Hall–Kier alpha value is -2.60. The minimum Gasteiger partial charge on any atom is -0.481 e. The molecule has 0 aliphatic rings. The van der Waals surface area contributed by atoms with Crippen LogP contribution in [-0.4, -0.2) is 30.6 Å². The van der Waals surface area contributed by atoms with Crippen molar-refractivity contribution in [2.45, 2.75) is 0 Å². The van der Waals surface area contributed by atoms with E-state index in [-0.39, 0.29) is 11.3 Å². The molecule has 0 spiro atoms. The molecule has 1 amide bonds. The monoisotopic (exact) mass is 337 g/mol. The lowest BCUT2D eigenvalue weighted by molar-refractivity contribution is -0.139. The Kier molecular flexibility index (Phi) is 5.18. The van der Waals surface area contributed by atoms with E-state index in [0.29, 0.717) is 16.1 Å². The van der Waals surface area contributed by atoms with Gasteiger partial charge in [0.05, 0.1) is 5.56 Å². The van der Waals surface area contributed by atoms with E-state index in [1.807, 2.05) is 0 Å². The largest absolute Gasteiger partial charge is 0.481 e. The van der Waals surface area contributed by atoms with Gasteiger partial charge in [-0.2, -0.15) is 0 Å². The maximum atomic E-state index is 14.1. The molecule has 0 fully saturated rings. The van der Waals surface area contributed by atoms with Crippen LogP contribution in [0.4, 0.5) is 4.39 Å². The highest BCUT2D eigenvalue weighted by molar-refractivity contribution is 6.31. The van der Waals surface area contributed by atoms with Gasteiger partial charge in [0.25, 0.3) is 5.91 Å². The molecule has 2 aromatic carbocycles. The molecule has 0 heterocycles. The number of hydrogen-bond acceptors (Lipinski definition) is 3. The van der Waals surface area contributed by atoms with Crippen molar-refractivity contribution < 1.29 is 23.8 Å². The van der Waals surface area contributed by atoms with Crippen molar-refractivity contribution in [3.05, 3.63) is 52.8 Å². The molecule has 7 heteroatoms. The zero-order chi connectivity index (χ0) is 17.0. The highest BCUT2D eigenvalue weighted by Crippen LogP contribution is 2.33. The van der Waals surface area contributed by atoms with E-state index in [9.17, 15) is 14.0 Å². The summed E-state index contributed by atoms with van der Waals surface area (Å²) in [6.45, 7) is -0.534. The molecule has 0 aliphatic carbocycles. The van der Waals surface area contributed by atoms with Crippen LogP contribution in [-0.2, 0) is 4.79 Å². The second-order valence-corrected chi connectivity index (χ2v) is 5.03. The van der Waals surface area contributed by atoms with Crippen molar-refractivity contribution in [1.29, 1.82) is 0 Å². The van der Waals surface area contributed by atoms with Gasteiger partial charge in [-0.05, 0) is 35.9 Å². The minimum absolute atomic E-state index is 0.0914. The quantitative estimate of drug-likeness (QED) is 0.879. The van der Waals surface area contributed by atoms with Crippen molar-refractivity contribution in [3.8, 4) is 16.9 Å². The first-order chi connectivity index (χ1) is 10.9. The van der Waals surface area contributed by atoms with Gasteiger partial charge in [-0.25, -0.2) is 9.18 Å². The number of ether oxygens (including phenoxy) is 1. The molecule has 0 unspecified atom stereocenters. The molecule has 0 saturated carbocycles. The van der Waals surface area contributed by atoms with E-state index in [2.05, 4.69) is 5.32 Å². The maximum Gasteiger partial charge on any atom is 0.341 e. The van der Waals surface area contributed by atoms with Crippen LogP contribution in [0, 0.1) is 5.82 Å². The molecular formula is C16H13ClFNO4. The predicted molar refractivity (Wildman–Crippen MR) is 83.4 cm³/mol. The topological polar surface area (TPSA) is 75.6 Å². The number of carbonyl (C=O) groups is 2. The predicted octanol–water partition coefficient (Wildman–Crippen LogP) is 2.97. The number of nitrogens with one attached hydrogen (secondary N) is 1. The molecule has 0 saturated heterocycles. The van der Waals surface area contributed by atoms with Crippen molar-refractivity contribution in [1.82, 2.24) is 5.32 Å². The van der Waals surface area contributed by atoms with Gasteiger partial charge in [0.2, 0.25) is 0 Å². The van der Waals surface area contributed by atoms with Gasteiger partial charge in [0, 0.05) is 17.6 Å². The molecule has 2 N–H and O–H groups in total. The standard InChI is InChI=1S/C16H13ClFNO4/c1-19-16(22)11-4-2-9(6-13(11)18)12-7-10(17)3-5-14(12)23-8-15(20)21/h2-7H,8H2,1H3,(H,19,22)(H,20,21). The van der Waals surface area contributed by atoms with Gasteiger partial charge >= 0.3 is 5.97 Å².